The summed E-state index contributed by atoms with van der Waals surface area (Å²) in [6.45, 7) is 4.30. The van der Waals surface area contributed by atoms with Crippen LogP contribution < -0.4 is 10.6 Å². The summed E-state index contributed by atoms with van der Waals surface area (Å²) in [6.07, 6.45) is 2.81. The standard InChI is InChI=1S/C23H23N5/c1-3-16(2)25-21-15-20(17-9-5-4-6-10-17)27-23(28-21)26-19-13-7-11-18-12-8-14-24-22(18)19/h4-16H,3H2,1-2H3,(H2,25,26,27,28). The molecule has 28 heavy (non-hydrogen) atoms. The molecule has 4 aromatic rings. The molecule has 2 N–H and O–H groups in total. The first-order valence-electron chi connectivity index (χ1n) is 9.55. The van der Waals surface area contributed by atoms with Crippen LogP contribution in [-0.2, 0) is 0 Å². The van der Waals surface area contributed by atoms with E-state index in [-0.39, 0.29) is 0 Å². The van der Waals surface area contributed by atoms with E-state index >= 15 is 0 Å². The van der Waals surface area contributed by atoms with E-state index < -0.39 is 0 Å². The molecule has 0 spiro atoms. The molecule has 0 fully saturated rings. The summed E-state index contributed by atoms with van der Waals surface area (Å²) in [4.78, 5) is 13.9. The molecule has 5 heteroatoms. The van der Waals surface area contributed by atoms with E-state index in [1.165, 1.54) is 0 Å². The Balaban J connectivity index is 1.75. The third-order valence-corrected chi connectivity index (χ3v) is 4.68. The van der Waals surface area contributed by atoms with Crippen LogP contribution in [0.5, 0.6) is 0 Å². The van der Waals surface area contributed by atoms with Crippen LogP contribution in [0.15, 0.2) is 72.9 Å². The zero-order chi connectivity index (χ0) is 19.3. The largest absolute Gasteiger partial charge is 0.367 e. The van der Waals surface area contributed by atoms with Crippen LogP contribution in [-0.4, -0.2) is 21.0 Å². The molecule has 4 rings (SSSR count). The number of hydrogen-bond acceptors (Lipinski definition) is 5. The van der Waals surface area contributed by atoms with Crippen molar-refractivity contribution in [2.75, 3.05) is 10.6 Å². The normalized spacial score (nSPS) is 11.9. The van der Waals surface area contributed by atoms with Gasteiger partial charge in [0.1, 0.15) is 5.82 Å². The summed E-state index contributed by atoms with van der Waals surface area (Å²) in [5, 5.41) is 7.90. The Labute approximate surface area is 164 Å². The Hall–Kier alpha value is -3.47. The number of anilines is 3. The van der Waals surface area contributed by atoms with Gasteiger partial charge in [-0.1, -0.05) is 55.5 Å². The first-order valence-corrected chi connectivity index (χ1v) is 9.55. The molecule has 140 valence electrons. The van der Waals surface area contributed by atoms with Gasteiger partial charge in [0, 0.05) is 29.3 Å². The highest BCUT2D eigenvalue weighted by Gasteiger charge is 2.10. The van der Waals surface area contributed by atoms with Crippen molar-refractivity contribution in [1.82, 2.24) is 15.0 Å². The summed E-state index contributed by atoms with van der Waals surface area (Å²) in [6, 6.07) is 22.5. The predicted molar refractivity (Wildman–Crippen MR) is 116 cm³/mol. The average Bonchev–Trinajstić information content (AvgIpc) is 2.74. The molecule has 2 aromatic heterocycles. The Morgan fingerprint density at radius 1 is 0.929 bits per heavy atom. The minimum atomic E-state index is 0.325. The van der Waals surface area contributed by atoms with Gasteiger partial charge in [0.2, 0.25) is 5.95 Å². The van der Waals surface area contributed by atoms with Gasteiger partial charge in [-0.05, 0) is 25.5 Å². The van der Waals surface area contributed by atoms with Crippen molar-refractivity contribution in [2.45, 2.75) is 26.3 Å². The lowest BCUT2D eigenvalue weighted by Gasteiger charge is -2.15. The maximum Gasteiger partial charge on any atom is 0.229 e. The van der Waals surface area contributed by atoms with Crippen LogP contribution in [0.2, 0.25) is 0 Å². The first kappa shape index (κ1) is 17.9. The van der Waals surface area contributed by atoms with Crippen molar-refractivity contribution < 1.29 is 0 Å². The van der Waals surface area contributed by atoms with E-state index in [1.54, 1.807) is 6.20 Å². The van der Waals surface area contributed by atoms with Crippen molar-refractivity contribution >= 4 is 28.4 Å². The summed E-state index contributed by atoms with van der Waals surface area (Å²) >= 11 is 0. The lowest BCUT2D eigenvalue weighted by atomic mass is 10.1. The van der Waals surface area contributed by atoms with E-state index in [2.05, 4.69) is 46.6 Å². The topological polar surface area (TPSA) is 62.7 Å². The lowest BCUT2D eigenvalue weighted by Crippen LogP contribution is -2.15. The minimum absolute atomic E-state index is 0.325. The van der Waals surface area contributed by atoms with Crippen molar-refractivity contribution in [2.24, 2.45) is 0 Å². The quantitative estimate of drug-likeness (QED) is 0.460. The Kier molecular flexibility index (Phi) is 5.15. The third-order valence-electron chi connectivity index (χ3n) is 4.68. The maximum absolute atomic E-state index is 4.75. The van der Waals surface area contributed by atoms with Gasteiger partial charge in [0.15, 0.2) is 0 Å². The second-order valence-electron chi connectivity index (χ2n) is 6.79. The molecule has 0 aliphatic rings. The fourth-order valence-corrected chi connectivity index (χ4v) is 3.01. The van der Waals surface area contributed by atoms with Gasteiger partial charge in [-0.15, -0.1) is 0 Å². The van der Waals surface area contributed by atoms with E-state index in [9.17, 15) is 0 Å². The van der Waals surface area contributed by atoms with Gasteiger partial charge in [-0.2, -0.15) is 4.98 Å². The Morgan fingerprint density at radius 2 is 1.75 bits per heavy atom. The van der Waals surface area contributed by atoms with Crippen molar-refractivity contribution in [3.63, 3.8) is 0 Å². The molecule has 0 saturated carbocycles. The number of aromatic nitrogens is 3. The van der Waals surface area contributed by atoms with Gasteiger partial charge >= 0.3 is 0 Å². The van der Waals surface area contributed by atoms with Gasteiger partial charge in [-0.25, -0.2) is 4.98 Å². The van der Waals surface area contributed by atoms with E-state index in [0.29, 0.717) is 12.0 Å². The molecule has 2 aromatic carbocycles. The number of benzene rings is 2. The second kappa shape index (κ2) is 8.05. The summed E-state index contributed by atoms with van der Waals surface area (Å²) in [7, 11) is 0. The van der Waals surface area contributed by atoms with E-state index in [1.807, 2.05) is 54.6 Å². The highest BCUT2D eigenvalue weighted by molar-refractivity contribution is 5.91. The number of rotatable bonds is 6. The highest BCUT2D eigenvalue weighted by atomic mass is 15.2. The molecule has 0 amide bonds. The Morgan fingerprint density at radius 3 is 2.57 bits per heavy atom. The molecular weight excluding hydrogens is 346 g/mol. The maximum atomic E-state index is 4.75. The summed E-state index contributed by atoms with van der Waals surface area (Å²) in [5.74, 6) is 1.35. The number of nitrogens with zero attached hydrogens (tertiary/aromatic N) is 3. The molecular formula is C23H23N5. The van der Waals surface area contributed by atoms with E-state index in [4.69, 9.17) is 4.98 Å². The smallest absolute Gasteiger partial charge is 0.229 e. The first-order chi connectivity index (χ1) is 13.7. The van der Waals surface area contributed by atoms with Crippen molar-refractivity contribution in [1.29, 1.82) is 0 Å². The van der Waals surface area contributed by atoms with Crippen LogP contribution in [0.1, 0.15) is 20.3 Å². The summed E-state index contributed by atoms with van der Waals surface area (Å²) < 4.78 is 0. The molecule has 0 radical (unpaired) electrons. The molecule has 2 heterocycles. The van der Waals surface area contributed by atoms with Crippen molar-refractivity contribution in [3.8, 4) is 11.3 Å². The van der Waals surface area contributed by atoms with Gasteiger partial charge in [-0.3, -0.25) is 4.98 Å². The second-order valence-corrected chi connectivity index (χ2v) is 6.79. The molecule has 0 saturated heterocycles. The van der Waals surface area contributed by atoms with Crippen LogP contribution in [0, 0.1) is 0 Å². The fraction of sp³-hybridized carbons (Fsp3) is 0.174. The number of fused-ring (bicyclic) bond motifs is 1. The molecule has 1 unspecified atom stereocenters. The van der Waals surface area contributed by atoms with Gasteiger partial charge in [0.25, 0.3) is 0 Å². The van der Waals surface area contributed by atoms with Gasteiger partial charge in [0.05, 0.1) is 16.9 Å². The number of nitrogens with one attached hydrogen (secondary N) is 2. The SMILES string of the molecule is CCC(C)Nc1cc(-c2ccccc2)nc(Nc2cccc3cccnc23)n1. The minimum Gasteiger partial charge on any atom is -0.367 e. The van der Waals surface area contributed by atoms with Crippen LogP contribution in [0.25, 0.3) is 22.2 Å². The predicted octanol–water partition coefficient (Wildman–Crippen LogP) is 5.65. The van der Waals surface area contributed by atoms with Crippen molar-refractivity contribution in [3.05, 3.63) is 72.9 Å². The molecule has 1 atom stereocenters. The van der Waals surface area contributed by atoms with Gasteiger partial charge < -0.3 is 10.6 Å². The highest BCUT2D eigenvalue weighted by Crippen LogP contribution is 2.26. The Bertz CT molecular complexity index is 1070. The average molecular weight is 369 g/mol. The number of para-hydroxylation sites is 1. The zero-order valence-electron chi connectivity index (χ0n) is 16.1. The third kappa shape index (κ3) is 3.93. The molecule has 0 aliphatic carbocycles. The number of hydrogen-bond donors (Lipinski definition) is 2. The van der Waals surface area contributed by atoms with Crippen LogP contribution >= 0.6 is 0 Å². The van der Waals surface area contributed by atoms with Crippen LogP contribution in [0.3, 0.4) is 0 Å². The van der Waals surface area contributed by atoms with E-state index in [0.717, 1.165) is 40.1 Å². The zero-order valence-corrected chi connectivity index (χ0v) is 16.1. The number of pyridine rings is 1. The molecule has 0 aliphatic heterocycles. The molecule has 5 nitrogen and oxygen atoms in total. The van der Waals surface area contributed by atoms with Crippen LogP contribution in [0.4, 0.5) is 17.5 Å². The molecule has 0 bridgehead atoms. The fourth-order valence-electron chi connectivity index (χ4n) is 3.01. The lowest BCUT2D eigenvalue weighted by molar-refractivity contribution is 0.759. The monoisotopic (exact) mass is 369 g/mol. The summed E-state index contributed by atoms with van der Waals surface area (Å²) in [5.41, 5.74) is 3.71.